The number of nitro benzene ring substituents is 1. The number of aliphatic carboxylic acids is 2. The van der Waals surface area contributed by atoms with Crippen molar-refractivity contribution in [1.29, 1.82) is 0 Å². The number of carbonyl (C=O) groups excluding carboxylic acids is 2. The molecule has 51 heavy (non-hydrogen) atoms. The minimum absolute atomic E-state index is 0.149. The SMILES string of the molecule is COC(=O)C1=C(C)NC(C)=C(C(=O)OC(C)(C)CN(C)CCC(c2ccccc2)c2ccccc2)C1c1cccc([N+](=O)[O-])c1.O=C(O)C(=O)O. The van der Waals surface area contributed by atoms with Crippen molar-refractivity contribution in [2.24, 2.45) is 0 Å². The van der Waals surface area contributed by atoms with Crippen LogP contribution in [-0.4, -0.2) is 76.8 Å². The molecule has 13 heteroatoms. The smallest absolute Gasteiger partial charge is 0.414 e. The van der Waals surface area contributed by atoms with Gasteiger partial charge in [0, 0.05) is 36.0 Å². The van der Waals surface area contributed by atoms with Crippen molar-refractivity contribution in [2.45, 2.75) is 51.6 Å². The summed E-state index contributed by atoms with van der Waals surface area (Å²) in [6.45, 7) is 8.34. The molecule has 13 nitrogen and oxygen atoms in total. The highest BCUT2D eigenvalue weighted by molar-refractivity contribution is 6.27. The lowest BCUT2D eigenvalue weighted by molar-refractivity contribution is -0.384. The van der Waals surface area contributed by atoms with Gasteiger partial charge in [-0.05, 0) is 64.4 Å². The fourth-order valence-electron chi connectivity index (χ4n) is 6.11. The summed E-state index contributed by atoms with van der Waals surface area (Å²) >= 11 is 0. The molecule has 0 saturated carbocycles. The third-order valence-corrected chi connectivity index (χ3v) is 8.21. The predicted octanol–water partition coefficient (Wildman–Crippen LogP) is 5.63. The Kier molecular flexibility index (Phi) is 13.8. The molecule has 1 unspecified atom stereocenters. The number of nitrogens with one attached hydrogen (secondary N) is 1. The van der Waals surface area contributed by atoms with Crippen molar-refractivity contribution in [3.63, 3.8) is 0 Å². The maximum atomic E-state index is 14.0. The van der Waals surface area contributed by atoms with E-state index in [-0.39, 0.29) is 22.8 Å². The van der Waals surface area contributed by atoms with Crippen LogP contribution in [0.1, 0.15) is 62.6 Å². The maximum absolute atomic E-state index is 14.0. The first-order chi connectivity index (χ1) is 24.1. The van der Waals surface area contributed by atoms with Gasteiger partial charge in [0.25, 0.3) is 5.69 Å². The molecule has 0 fully saturated rings. The summed E-state index contributed by atoms with van der Waals surface area (Å²) in [6.07, 6.45) is 0.865. The van der Waals surface area contributed by atoms with Gasteiger partial charge in [0.2, 0.25) is 0 Å². The normalized spacial score (nSPS) is 14.3. The first-order valence-electron chi connectivity index (χ1n) is 16.1. The zero-order chi connectivity index (χ0) is 37.9. The van der Waals surface area contributed by atoms with Gasteiger partial charge in [-0.2, -0.15) is 0 Å². The van der Waals surface area contributed by atoms with Gasteiger partial charge in [-0.15, -0.1) is 0 Å². The van der Waals surface area contributed by atoms with Crippen LogP contribution in [0, 0.1) is 10.1 Å². The average Bonchev–Trinajstić information content (AvgIpc) is 3.08. The third-order valence-electron chi connectivity index (χ3n) is 8.21. The molecule has 1 heterocycles. The van der Waals surface area contributed by atoms with E-state index in [2.05, 4.69) is 58.7 Å². The largest absolute Gasteiger partial charge is 0.473 e. The summed E-state index contributed by atoms with van der Waals surface area (Å²) in [4.78, 5) is 58.4. The van der Waals surface area contributed by atoms with E-state index in [1.807, 2.05) is 33.0 Å². The summed E-state index contributed by atoms with van der Waals surface area (Å²) in [5, 5.41) is 29.5. The highest BCUT2D eigenvalue weighted by Crippen LogP contribution is 2.40. The number of rotatable bonds is 12. The number of dihydropyridines is 1. The van der Waals surface area contributed by atoms with Crippen LogP contribution in [0.5, 0.6) is 0 Å². The third kappa shape index (κ3) is 10.8. The molecular weight excluding hydrogens is 658 g/mol. The van der Waals surface area contributed by atoms with Crippen molar-refractivity contribution in [2.75, 3.05) is 27.2 Å². The van der Waals surface area contributed by atoms with Gasteiger partial charge >= 0.3 is 23.9 Å². The van der Waals surface area contributed by atoms with E-state index in [1.54, 1.807) is 19.9 Å². The van der Waals surface area contributed by atoms with Crippen molar-refractivity contribution < 1.29 is 43.8 Å². The fourth-order valence-corrected chi connectivity index (χ4v) is 6.11. The molecule has 0 spiro atoms. The van der Waals surface area contributed by atoms with E-state index in [0.717, 1.165) is 13.0 Å². The Balaban J connectivity index is 0.00000107. The van der Waals surface area contributed by atoms with E-state index in [1.165, 1.54) is 36.4 Å². The Morgan fingerprint density at radius 1 is 0.863 bits per heavy atom. The molecule has 3 N–H and O–H groups in total. The van der Waals surface area contributed by atoms with Gasteiger partial charge < -0.3 is 29.9 Å². The van der Waals surface area contributed by atoms with E-state index < -0.39 is 40.3 Å². The number of carboxylic acid groups (broad SMARTS) is 2. The van der Waals surface area contributed by atoms with Gasteiger partial charge in [-0.3, -0.25) is 10.1 Å². The lowest BCUT2D eigenvalue weighted by atomic mass is 9.80. The van der Waals surface area contributed by atoms with Crippen molar-refractivity contribution in [1.82, 2.24) is 10.2 Å². The first-order valence-corrected chi connectivity index (χ1v) is 16.1. The van der Waals surface area contributed by atoms with Crippen LogP contribution >= 0.6 is 0 Å². The predicted molar refractivity (Wildman–Crippen MR) is 189 cm³/mol. The number of hydrogen-bond acceptors (Lipinski definition) is 10. The minimum atomic E-state index is -1.82. The number of nitrogens with zero attached hydrogens (tertiary/aromatic N) is 2. The molecule has 1 aliphatic heterocycles. The Hall–Kier alpha value is -5.82. The second kappa shape index (κ2) is 17.7. The molecule has 0 aromatic heterocycles. The van der Waals surface area contributed by atoms with Gasteiger partial charge in [-0.25, -0.2) is 19.2 Å². The lowest BCUT2D eigenvalue weighted by Crippen LogP contribution is -2.42. The number of hydrogen-bond donors (Lipinski definition) is 3. The zero-order valence-corrected chi connectivity index (χ0v) is 29.4. The fraction of sp³-hybridized carbons (Fsp3) is 0.316. The number of carbonyl (C=O) groups is 4. The number of non-ortho nitro benzene ring substituents is 1. The average molecular weight is 702 g/mol. The van der Waals surface area contributed by atoms with Gasteiger partial charge in [0.1, 0.15) is 5.60 Å². The molecule has 270 valence electrons. The second-order valence-corrected chi connectivity index (χ2v) is 12.6. The minimum Gasteiger partial charge on any atom is -0.473 e. The Morgan fingerprint density at radius 3 is 1.84 bits per heavy atom. The number of methoxy groups -OCH3 is 1. The number of ether oxygens (including phenoxy) is 2. The highest BCUT2D eigenvalue weighted by Gasteiger charge is 2.40. The quantitative estimate of drug-likeness (QED) is 0.0916. The van der Waals surface area contributed by atoms with E-state index >= 15 is 0 Å². The van der Waals surface area contributed by atoms with E-state index in [9.17, 15) is 19.7 Å². The Labute approximate surface area is 296 Å². The lowest BCUT2D eigenvalue weighted by Gasteiger charge is -2.34. The van der Waals surface area contributed by atoms with Crippen LogP contribution in [0.3, 0.4) is 0 Å². The molecule has 0 amide bonds. The summed E-state index contributed by atoms with van der Waals surface area (Å²) < 4.78 is 11.2. The van der Waals surface area contributed by atoms with Crippen LogP contribution in [0.4, 0.5) is 5.69 Å². The number of nitro groups is 1. The van der Waals surface area contributed by atoms with Gasteiger partial charge in [0.05, 0.1) is 29.1 Å². The molecule has 1 atom stereocenters. The van der Waals surface area contributed by atoms with Crippen LogP contribution < -0.4 is 5.32 Å². The van der Waals surface area contributed by atoms with Crippen molar-refractivity contribution in [3.05, 3.63) is 134 Å². The van der Waals surface area contributed by atoms with Gasteiger partial charge in [-0.1, -0.05) is 72.8 Å². The molecule has 4 rings (SSSR count). The molecule has 0 bridgehead atoms. The summed E-state index contributed by atoms with van der Waals surface area (Å²) in [6, 6.07) is 26.8. The molecule has 3 aromatic rings. The second-order valence-electron chi connectivity index (χ2n) is 12.6. The van der Waals surface area contributed by atoms with Crippen LogP contribution in [-0.2, 0) is 28.7 Å². The zero-order valence-electron chi connectivity index (χ0n) is 29.4. The topological polar surface area (TPSA) is 186 Å². The summed E-state index contributed by atoms with van der Waals surface area (Å²) in [5.74, 6) is -5.61. The summed E-state index contributed by atoms with van der Waals surface area (Å²) in [5.41, 5.74) is 3.24. The first kappa shape index (κ1) is 39.6. The molecule has 0 aliphatic carbocycles. The number of esters is 2. The molecule has 0 saturated heterocycles. The van der Waals surface area contributed by atoms with Crippen molar-refractivity contribution in [3.8, 4) is 0 Å². The maximum Gasteiger partial charge on any atom is 0.414 e. The molecular formula is C38H43N3O10. The Morgan fingerprint density at radius 2 is 1.37 bits per heavy atom. The monoisotopic (exact) mass is 701 g/mol. The van der Waals surface area contributed by atoms with Crippen LogP contribution in [0.15, 0.2) is 107 Å². The van der Waals surface area contributed by atoms with Crippen LogP contribution in [0.2, 0.25) is 0 Å². The summed E-state index contributed by atoms with van der Waals surface area (Å²) in [7, 11) is 3.26. The Bertz CT molecular complexity index is 1750. The molecule has 1 aliphatic rings. The number of carboxylic acids is 2. The van der Waals surface area contributed by atoms with E-state index in [4.69, 9.17) is 29.3 Å². The number of allylic oxidation sites excluding steroid dienone is 2. The molecule has 0 radical (unpaired) electrons. The number of benzene rings is 3. The molecule has 3 aromatic carbocycles. The van der Waals surface area contributed by atoms with Gasteiger partial charge in [0.15, 0.2) is 0 Å². The standard InChI is InChI=1S/C36H41N3O6.C2H2O4/c1-24-31(34(40)44-6)33(28-18-13-19-29(22-28)39(42)43)32(25(2)37-24)35(41)45-36(3,4)23-38(5)21-20-30(26-14-9-7-10-15-26)27-16-11-8-12-17-27;3-1(4)2(5)6/h7-19,22,30,33,37H,20-21,23H2,1-6H3;(H,3,4)(H,5,6). The highest BCUT2D eigenvalue weighted by atomic mass is 16.6. The van der Waals surface area contributed by atoms with Crippen LogP contribution in [0.25, 0.3) is 0 Å². The van der Waals surface area contributed by atoms with Crippen molar-refractivity contribution >= 4 is 29.6 Å². The van der Waals surface area contributed by atoms with E-state index in [0.29, 0.717) is 23.5 Å². The number of likely N-dealkylation sites (N-methyl/N-ethyl adjacent to an activating group) is 1.